The van der Waals surface area contributed by atoms with Crippen molar-refractivity contribution in [2.75, 3.05) is 5.73 Å². The second-order valence-corrected chi connectivity index (χ2v) is 2.71. The number of benzene rings is 1. The van der Waals surface area contributed by atoms with Gasteiger partial charge in [-0.25, -0.2) is 0 Å². The normalized spacial score (nSPS) is 9.18. The number of anilines is 1. The summed E-state index contributed by atoms with van der Waals surface area (Å²) in [6.45, 7) is 1.85. The van der Waals surface area contributed by atoms with Gasteiger partial charge in [-0.3, -0.25) is 0 Å². The van der Waals surface area contributed by atoms with Crippen molar-refractivity contribution in [2.45, 2.75) is 6.92 Å². The quantitative estimate of drug-likeness (QED) is 0.600. The minimum Gasteiger partial charge on any atom is -0.398 e. The molecule has 0 radical (unpaired) electrons. The van der Waals surface area contributed by atoms with E-state index in [-0.39, 0.29) is 0 Å². The molecule has 0 amide bonds. The fourth-order valence-electron chi connectivity index (χ4n) is 0.801. The van der Waals surface area contributed by atoms with Gasteiger partial charge in [-0.15, -0.1) is 0 Å². The number of aryl methyl sites for hydroxylation is 1. The first kappa shape index (κ1) is 7.90. The molecule has 3 heteroatoms. The zero-order chi connectivity index (χ0) is 8.43. The number of halogens is 1. The van der Waals surface area contributed by atoms with E-state index < -0.39 is 0 Å². The minimum atomic E-state index is 0.431. The van der Waals surface area contributed by atoms with Gasteiger partial charge in [0.05, 0.1) is 5.56 Å². The van der Waals surface area contributed by atoms with Crippen molar-refractivity contribution in [3.63, 3.8) is 0 Å². The second kappa shape index (κ2) is 2.81. The van der Waals surface area contributed by atoms with Crippen LogP contribution < -0.4 is 5.73 Å². The molecule has 0 saturated carbocycles. The highest BCUT2D eigenvalue weighted by Crippen LogP contribution is 2.21. The molecule has 0 atom stereocenters. The Kier molecular flexibility index (Phi) is 2.02. The van der Waals surface area contributed by atoms with Gasteiger partial charge in [0, 0.05) is 10.7 Å². The van der Waals surface area contributed by atoms with Gasteiger partial charge >= 0.3 is 0 Å². The Bertz CT molecular complexity index is 326. The van der Waals surface area contributed by atoms with E-state index in [1.807, 2.05) is 13.0 Å². The Morgan fingerprint density at radius 3 is 2.73 bits per heavy atom. The average Bonchev–Trinajstić information content (AvgIpc) is 1.97. The molecule has 56 valence electrons. The largest absolute Gasteiger partial charge is 0.398 e. The van der Waals surface area contributed by atoms with Crippen LogP contribution in [0.3, 0.4) is 0 Å². The van der Waals surface area contributed by atoms with Crippen molar-refractivity contribution < 1.29 is 0 Å². The Hall–Kier alpha value is -1.20. The molecule has 0 aromatic heterocycles. The maximum absolute atomic E-state index is 8.55. The monoisotopic (exact) mass is 166 g/mol. The third-order valence-electron chi connectivity index (χ3n) is 1.45. The SMILES string of the molecule is Cc1cc(N)c(C#N)cc1Cl. The van der Waals surface area contributed by atoms with Gasteiger partial charge in [0.15, 0.2) is 0 Å². The van der Waals surface area contributed by atoms with Crippen LogP contribution in [-0.2, 0) is 0 Å². The molecule has 0 unspecified atom stereocenters. The maximum Gasteiger partial charge on any atom is 0.101 e. The Morgan fingerprint density at radius 2 is 2.18 bits per heavy atom. The maximum atomic E-state index is 8.55. The van der Waals surface area contributed by atoms with Crippen LogP contribution in [0, 0.1) is 18.3 Å². The molecule has 0 aliphatic rings. The van der Waals surface area contributed by atoms with Crippen LogP contribution in [-0.4, -0.2) is 0 Å². The Labute approximate surface area is 70.2 Å². The number of nitriles is 1. The smallest absolute Gasteiger partial charge is 0.101 e. The van der Waals surface area contributed by atoms with Gasteiger partial charge in [0.2, 0.25) is 0 Å². The third kappa shape index (κ3) is 1.44. The Balaban J connectivity index is 3.35. The molecule has 0 saturated heterocycles. The molecule has 0 spiro atoms. The van der Waals surface area contributed by atoms with Crippen LogP contribution in [0.4, 0.5) is 5.69 Å². The zero-order valence-electron chi connectivity index (χ0n) is 6.06. The molecule has 0 aliphatic carbocycles. The van der Waals surface area contributed by atoms with Crippen LogP contribution in [0.1, 0.15) is 11.1 Å². The lowest BCUT2D eigenvalue weighted by molar-refractivity contribution is 1.43. The number of hydrogen-bond donors (Lipinski definition) is 1. The number of hydrogen-bond acceptors (Lipinski definition) is 2. The van der Waals surface area contributed by atoms with Crippen molar-refractivity contribution in [3.8, 4) is 6.07 Å². The summed E-state index contributed by atoms with van der Waals surface area (Å²) < 4.78 is 0. The van der Waals surface area contributed by atoms with E-state index in [1.54, 1.807) is 12.1 Å². The summed E-state index contributed by atoms with van der Waals surface area (Å²) in [5, 5.41) is 9.12. The van der Waals surface area contributed by atoms with E-state index in [4.69, 9.17) is 22.6 Å². The molecule has 2 nitrogen and oxygen atoms in total. The summed E-state index contributed by atoms with van der Waals surface area (Å²) in [6, 6.07) is 5.22. The predicted molar refractivity (Wildman–Crippen MR) is 45.3 cm³/mol. The molecule has 0 bridgehead atoms. The van der Waals surface area contributed by atoms with E-state index in [0.717, 1.165) is 5.56 Å². The van der Waals surface area contributed by atoms with E-state index in [1.165, 1.54) is 0 Å². The van der Waals surface area contributed by atoms with E-state index in [9.17, 15) is 0 Å². The molecule has 11 heavy (non-hydrogen) atoms. The summed E-state index contributed by atoms with van der Waals surface area (Å²) >= 11 is 5.76. The summed E-state index contributed by atoms with van der Waals surface area (Å²) in [5.74, 6) is 0. The highest BCUT2D eigenvalue weighted by Gasteiger charge is 2.01. The fourth-order valence-corrected chi connectivity index (χ4v) is 0.964. The van der Waals surface area contributed by atoms with Crippen molar-refractivity contribution in [1.29, 1.82) is 5.26 Å². The van der Waals surface area contributed by atoms with Crippen molar-refractivity contribution in [3.05, 3.63) is 28.3 Å². The topological polar surface area (TPSA) is 49.8 Å². The number of nitrogens with two attached hydrogens (primary N) is 1. The first-order valence-electron chi connectivity index (χ1n) is 3.11. The summed E-state index contributed by atoms with van der Waals surface area (Å²) in [6.07, 6.45) is 0. The highest BCUT2D eigenvalue weighted by molar-refractivity contribution is 6.31. The molecule has 0 heterocycles. The van der Waals surface area contributed by atoms with Crippen molar-refractivity contribution >= 4 is 17.3 Å². The van der Waals surface area contributed by atoms with Gasteiger partial charge in [0.25, 0.3) is 0 Å². The summed E-state index contributed by atoms with van der Waals surface area (Å²) in [7, 11) is 0. The zero-order valence-corrected chi connectivity index (χ0v) is 6.81. The van der Waals surface area contributed by atoms with E-state index >= 15 is 0 Å². The molecule has 2 N–H and O–H groups in total. The van der Waals surface area contributed by atoms with Crippen molar-refractivity contribution in [2.24, 2.45) is 0 Å². The van der Waals surface area contributed by atoms with Crippen LogP contribution >= 0.6 is 11.6 Å². The molecule has 1 rings (SSSR count). The minimum absolute atomic E-state index is 0.431. The lowest BCUT2D eigenvalue weighted by atomic mass is 10.1. The molecule has 0 aliphatic heterocycles. The summed E-state index contributed by atoms with van der Waals surface area (Å²) in [4.78, 5) is 0. The average molecular weight is 167 g/mol. The van der Waals surface area contributed by atoms with Gasteiger partial charge in [-0.1, -0.05) is 11.6 Å². The highest BCUT2D eigenvalue weighted by atomic mass is 35.5. The van der Waals surface area contributed by atoms with Crippen LogP contribution in [0.25, 0.3) is 0 Å². The molecule has 1 aromatic rings. The third-order valence-corrected chi connectivity index (χ3v) is 1.86. The molecular weight excluding hydrogens is 160 g/mol. The Morgan fingerprint density at radius 1 is 1.55 bits per heavy atom. The van der Waals surface area contributed by atoms with Crippen molar-refractivity contribution in [1.82, 2.24) is 0 Å². The van der Waals surface area contributed by atoms with E-state index in [2.05, 4.69) is 0 Å². The first-order chi connectivity index (χ1) is 5.15. The van der Waals surface area contributed by atoms with Crippen LogP contribution in [0.15, 0.2) is 12.1 Å². The standard InChI is InChI=1S/C8H7ClN2/c1-5-2-8(11)6(4-10)3-7(5)9/h2-3H,11H2,1H3. The van der Waals surface area contributed by atoms with Gasteiger partial charge < -0.3 is 5.73 Å². The number of nitrogens with zero attached hydrogens (tertiary/aromatic N) is 1. The van der Waals surface area contributed by atoms with Gasteiger partial charge in [-0.2, -0.15) is 5.26 Å². The second-order valence-electron chi connectivity index (χ2n) is 2.30. The predicted octanol–water partition coefficient (Wildman–Crippen LogP) is 2.10. The number of rotatable bonds is 0. The van der Waals surface area contributed by atoms with Crippen LogP contribution in [0.5, 0.6) is 0 Å². The lowest BCUT2D eigenvalue weighted by Crippen LogP contribution is -1.91. The summed E-state index contributed by atoms with van der Waals surface area (Å²) in [5.41, 5.74) is 7.32. The molecular formula is C8H7ClN2. The van der Waals surface area contributed by atoms with Crippen LogP contribution in [0.2, 0.25) is 5.02 Å². The lowest BCUT2D eigenvalue weighted by Gasteiger charge is -2.00. The first-order valence-corrected chi connectivity index (χ1v) is 3.48. The van der Waals surface area contributed by atoms with E-state index in [0.29, 0.717) is 16.3 Å². The van der Waals surface area contributed by atoms with Gasteiger partial charge in [0.1, 0.15) is 6.07 Å². The van der Waals surface area contributed by atoms with Gasteiger partial charge in [-0.05, 0) is 24.6 Å². The fraction of sp³-hybridized carbons (Fsp3) is 0.125. The molecule has 1 aromatic carbocycles. The molecule has 0 fully saturated rings. The number of nitrogen functional groups attached to an aromatic ring is 1.